The van der Waals surface area contributed by atoms with Crippen molar-refractivity contribution < 1.29 is 0 Å². The zero-order valence-corrected chi connectivity index (χ0v) is 24.2. The molecule has 0 fully saturated rings. The van der Waals surface area contributed by atoms with Gasteiger partial charge in [-0.25, -0.2) is 0 Å². The van der Waals surface area contributed by atoms with E-state index in [0.29, 0.717) is 0 Å². The third kappa shape index (κ3) is 2.76. The molecule has 0 spiro atoms. The summed E-state index contributed by atoms with van der Waals surface area (Å²) in [5.74, 6) is 0. The first-order valence-corrected chi connectivity index (χ1v) is 15.5. The van der Waals surface area contributed by atoms with E-state index in [-0.39, 0.29) is 17.5 Å². The van der Waals surface area contributed by atoms with Crippen LogP contribution in [0.1, 0.15) is 49.9 Å². The van der Waals surface area contributed by atoms with Crippen molar-refractivity contribution in [1.29, 1.82) is 0 Å². The highest BCUT2D eigenvalue weighted by molar-refractivity contribution is 8.01. The number of hydrogen-bond donors (Lipinski definition) is 0. The van der Waals surface area contributed by atoms with E-state index in [2.05, 4.69) is 119 Å². The van der Waals surface area contributed by atoms with Crippen LogP contribution >= 0.6 is 23.5 Å². The minimum Gasteiger partial charge on any atom is -0.0911 e. The molecule has 0 amide bonds. The van der Waals surface area contributed by atoms with Crippen LogP contribution in [0.4, 0.5) is 0 Å². The van der Waals surface area contributed by atoms with Crippen LogP contribution in [-0.2, 0) is 10.8 Å². The monoisotopic (exact) mass is 534 g/mol. The van der Waals surface area contributed by atoms with Crippen molar-refractivity contribution in [2.45, 2.75) is 58.1 Å². The van der Waals surface area contributed by atoms with Gasteiger partial charge in [0.25, 0.3) is 0 Å². The third-order valence-corrected chi connectivity index (χ3v) is 12.1. The summed E-state index contributed by atoms with van der Waals surface area (Å²) >= 11 is 3.93. The molecule has 0 N–H and O–H groups in total. The molecule has 2 aliphatic carbocycles. The summed E-state index contributed by atoms with van der Waals surface area (Å²) in [7, 11) is 0. The first-order chi connectivity index (χ1) is 18.8. The molecule has 186 valence electrons. The lowest BCUT2D eigenvalue weighted by Crippen LogP contribution is -2.58. The second-order valence-electron chi connectivity index (χ2n) is 12.5. The highest BCUT2D eigenvalue weighted by atomic mass is 32.2. The Balaban J connectivity index is 1.32. The molecule has 0 nitrogen and oxygen atoms in total. The predicted molar refractivity (Wildman–Crippen MR) is 167 cm³/mol. The van der Waals surface area contributed by atoms with Crippen LogP contribution in [0.3, 0.4) is 0 Å². The summed E-state index contributed by atoms with van der Waals surface area (Å²) in [6.07, 6.45) is 0. The van der Waals surface area contributed by atoms with Gasteiger partial charge >= 0.3 is 0 Å². The molecular weight excluding hydrogens is 507 g/mol. The van der Waals surface area contributed by atoms with E-state index in [1.807, 2.05) is 23.5 Å². The number of benzene rings is 5. The molecule has 0 radical (unpaired) electrons. The van der Waals surface area contributed by atoms with Gasteiger partial charge in [-0.05, 0) is 74.2 Å². The normalized spacial score (nSPS) is 17.4. The molecule has 0 saturated carbocycles. The maximum Gasteiger partial charge on any atom is 0.247 e. The van der Waals surface area contributed by atoms with Crippen molar-refractivity contribution in [2.75, 3.05) is 0 Å². The van der Waals surface area contributed by atoms with Gasteiger partial charge in [-0.15, -0.1) is 0 Å². The Morgan fingerprint density at radius 2 is 0.923 bits per heavy atom. The fourth-order valence-corrected chi connectivity index (χ4v) is 10.3. The van der Waals surface area contributed by atoms with Gasteiger partial charge in [-0.2, -0.15) is 0 Å². The Bertz CT molecular complexity index is 1790. The van der Waals surface area contributed by atoms with Crippen LogP contribution in [0, 0.1) is 0 Å². The van der Waals surface area contributed by atoms with E-state index in [1.54, 1.807) is 0 Å². The Labute approximate surface area is 239 Å². The Kier molecular flexibility index (Phi) is 4.26. The van der Waals surface area contributed by atoms with Crippen molar-refractivity contribution >= 4 is 46.6 Å². The van der Waals surface area contributed by atoms with Gasteiger partial charge in [0.1, 0.15) is 0 Å². The molecule has 0 saturated heterocycles. The average Bonchev–Trinajstić information content (AvgIpc) is 3.30. The first kappa shape index (κ1) is 22.7. The maximum atomic E-state index is 2.58. The molecule has 0 aromatic heterocycles. The van der Waals surface area contributed by atoms with Crippen molar-refractivity contribution in [3.05, 3.63) is 113 Å². The zero-order chi connectivity index (χ0) is 26.3. The van der Waals surface area contributed by atoms with Crippen LogP contribution in [-0.4, -0.2) is 6.71 Å². The smallest absolute Gasteiger partial charge is 0.0911 e. The van der Waals surface area contributed by atoms with Gasteiger partial charge in [0.2, 0.25) is 6.71 Å². The van der Waals surface area contributed by atoms with Crippen molar-refractivity contribution in [2.24, 2.45) is 0 Å². The van der Waals surface area contributed by atoms with E-state index in [9.17, 15) is 0 Å². The molecule has 4 aliphatic rings. The standard InChI is InChI=1S/C36H27BS2/c1-35(2)24-12-7-5-10-20(24)22-16-32-28(18-26(22)35)37-29-19-27-23(21-11-6-8-13-25(21)36(27,3)4)17-33(29)39-31-15-9-14-30(38-32)34(31)37/h5-19H,1-4H3. The third-order valence-electron chi connectivity index (χ3n) is 9.80. The highest BCUT2D eigenvalue weighted by Gasteiger charge is 2.44. The van der Waals surface area contributed by atoms with Crippen molar-refractivity contribution in [1.82, 2.24) is 0 Å². The fourth-order valence-electron chi connectivity index (χ4n) is 7.82. The Morgan fingerprint density at radius 1 is 0.462 bits per heavy atom. The van der Waals surface area contributed by atoms with E-state index in [4.69, 9.17) is 0 Å². The van der Waals surface area contributed by atoms with Gasteiger partial charge in [0.15, 0.2) is 0 Å². The molecule has 0 bridgehead atoms. The number of hydrogen-bond acceptors (Lipinski definition) is 2. The van der Waals surface area contributed by atoms with E-state index in [0.717, 1.165) is 0 Å². The molecule has 0 atom stereocenters. The molecule has 5 aromatic rings. The van der Waals surface area contributed by atoms with Crippen LogP contribution in [0.25, 0.3) is 22.3 Å². The topological polar surface area (TPSA) is 0 Å². The van der Waals surface area contributed by atoms with E-state index in [1.165, 1.54) is 80.5 Å². The second kappa shape index (κ2) is 7.33. The highest BCUT2D eigenvalue weighted by Crippen LogP contribution is 2.52. The lowest BCUT2D eigenvalue weighted by atomic mass is 9.36. The molecule has 9 rings (SSSR count). The predicted octanol–water partition coefficient (Wildman–Crippen LogP) is 7.74. The summed E-state index contributed by atoms with van der Waals surface area (Å²) in [6, 6.07) is 35.1. The molecule has 2 aliphatic heterocycles. The van der Waals surface area contributed by atoms with Crippen molar-refractivity contribution in [3.63, 3.8) is 0 Å². The largest absolute Gasteiger partial charge is 0.247 e. The van der Waals surface area contributed by atoms with Gasteiger partial charge in [-0.3, -0.25) is 0 Å². The van der Waals surface area contributed by atoms with Crippen molar-refractivity contribution in [3.8, 4) is 22.3 Å². The molecular formula is C36H27BS2. The van der Waals surface area contributed by atoms with Crippen LogP contribution in [0.15, 0.2) is 111 Å². The lowest BCUT2D eigenvalue weighted by Gasteiger charge is -2.35. The van der Waals surface area contributed by atoms with Crippen LogP contribution < -0.4 is 16.4 Å². The molecule has 0 unspecified atom stereocenters. The van der Waals surface area contributed by atoms with E-state index >= 15 is 0 Å². The minimum atomic E-state index is -0.000759. The first-order valence-electron chi connectivity index (χ1n) is 13.9. The molecule has 5 aromatic carbocycles. The summed E-state index contributed by atoms with van der Waals surface area (Å²) in [5, 5.41) is 0. The average molecular weight is 535 g/mol. The molecule has 2 heterocycles. The second-order valence-corrected chi connectivity index (χ2v) is 14.7. The van der Waals surface area contributed by atoms with Gasteiger partial charge in [-0.1, -0.05) is 129 Å². The summed E-state index contributed by atoms with van der Waals surface area (Å²) in [4.78, 5) is 5.65. The maximum absolute atomic E-state index is 2.58. The fraction of sp³-hybridized carbons (Fsp3) is 0.167. The summed E-state index contributed by atoms with van der Waals surface area (Å²) in [5.41, 5.74) is 15.9. The van der Waals surface area contributed by atoms with Gasteiger partial charge in [0.05, 0.1) is 0 Å². The Morgan fingerprint density at radius 3 is 1.41 bits per heavy atom. The lowest BCUT2D eigenvalue weighted by molar-refractivity contribution is 0.660. The SMILES string of the molecule is CC1(C)c2ccccc2-c2cc3c(cc21)B1c2cc4c(cc2Sc2cccc(c21)S3)-c1ccccc1C4(C)C. The molecule has 3 heteroatoms. The van der Waals surface area contributed by atoms with Crippen LogP contribution in [0.5, 0.6) is 0 Å². The van der Waals surface area contributed by atoms with E-state index < -0.39 is 0 Å². The number of rotatable bonds is 0. The van der Waals surface area contributed by atoms with Gasteiger partial charge in [0, 0.05) is 30.4 Å². The zero-order valence-electron chi connectivity index (χ0n) is 22.6. The summed E-state index contributed by atoms with van der Waals surface area (Å²) < 4.78 is 0. The van der Waals surface area contributed by atoms with Gasteiger partial charge < -0.3 is 0 Å². The summed E-state index contributed by atoms with van der Waals surface area (Å²) in [6.45, 7) is 9.86. The number of fused-ring (bicyclic) bond motifs is 10. The minimum absolute atomic E-state index is 0.000759. The Hall–Kier alpha value is -3.14. The molecule has 39 heavy (non-hydrogen) atoms. The quantitative estimate of drug-likeness (QED) is 0.183. The van der Waals surface area contributed by atoms with Crippen LogP contribution in [0.2, 0.25) is 0 Å².